The number of hydrogen-bond acceptors (Lipinski definition) is 6. The fraction of sp³-hybridized carbons (Fsp3) is 0.0588. The Hall–Kier alpha value is -3.06. The van der Waals surface area contributed by atoms with Crippen molar-refractivity contribution in [3.8, 4) is 0 Å². The second-order valence-electron chi connectivity index (χ2n) is 4.87. The molecule has 0 spiro atoms. The number of carbonyl (C=O) groups is 1. The van der Waals surface area contributed by atoms with Gasteiger partial charge in [0.25, 0.3) is 5.69 Å². The van der Waals surface area contributed by atoms with E-state index in [1.165, 1.54) is 35.6 Å². The normalized spacial score (nSPS) is 11.0. The van der Waals surface area contributed by atoms with E-state index in [1.54, 1.807) is 12.1 Å². The minimum absolute atomic E-state index is 0.0278. The molecule has 0 saturated carbocycles. The monoisotopic (exact) mass is 340 g/mol. The third kappa shape index (κ3) is 3.82. The molecule has 3 aromatic rings. The van der Waals surface area contributed by atoms with E-state index in [2.05, 4.69) is 4.98 Å². The molecule has 0 unspecified atom stereocenters. The third-order valence-electron chi connectivity index (χ3n) is 3.17. The first-order chi connectivity index (χ1) is 11.6. The summed E-state index contributed by atoms with van der Waals surface area (Å²) < 4.78 is 6.18. The number of hydrogen-bond donors (Lipinski definition) is 0. The van der Waals surface area contributed by atoms with Crippen molar-refractivity contribution in [2.75, 3.05) is 0 Å². The summed E-state index contributed by atoms with van der Waals surface area (Å²) in [6.45, 7) is 0.0947. The van der Waals surface area contributed by atoms with E-state index in [1.807, 2.05) is 24.3 Å². The quantitative estimate of drug-likeness (QED) is 0.304. The van der Waals surface area contributed by atoms with E-state index >= 15 is 0 Å². The number of thiazole rings is 1. The van der Waals surface area contributed by atoms with Crippen molar-refractivity contribution in [3.63, 3.8) is 0 Å². The average Bonchev–Trinajstić information content (AvgIpc) is 3.01. The lowest BCUT2D eigenvalue weighted by Crippen LogP contribution is -2.00. The molecule has 7 heteroatoms. The van der Waals surface area contributed by atoms with Crippen molar-refractivity contribution in [2.24, 2.45) is 0 Å². The summed E-state index contributed by atoms with van der Waals surface area (Å²) in [5, 5.41) is 11.4. The van der Waals surface area contributed by atoms with Crippen LogP contribution in [0.15, 0.2) is 54.6 Å². The van der Waals surface area contributed by atoms with Gasteiger partial charge in [-0.1, -0.05) is 24.3 Å². The first-order valence-electron chi connectivity index (χ1n) is 7.05. The first-order valence-corrected chi connectivity index (χ1v) is 7.87. The zero-order chi connectivity index (χ0) is 16.9. The Morgan fingerprint density at radius 3 is 2.88 bits per heavy atom. The van der Waals surface area contributed by atoms with Crippen molar-refractivity contribution in [1.82, 2.24) is 4.98 Å². The predicted octanol–water partition coefficient (Wildman–Crippen LogP) is 3.96. The molecule has 0 saturated heterocycles. The van der Waals surface area contributed by atoms with Crippen LogP contribution in [-0.4, -0.2) is 15.9 Å². The minimum Gasteiger partial charge on any atom is -0.455 e. The number of para-hydroxylation sites is 1. The van der Waals surface area contributed by atoms with Gasteiger partial charge < -0.3 is 4.74 Å². The number of fused-ring (bicyclic) bond motifs is 1. The Kier molecular flexibility index (Phi) is 4.62. The number of aromatic nitrogens is 1. The molecule has 120 valence electrons. The molecule has 0 radical (unpaired) electrons. The second kappa shape index (κ2) is 7.01. The number of nitro groups is 1. The summed E-state index contributed by atoms with van der Waals surface area (Å²) in [6.07, 6.45) is 2.72. The zero-order valence-corrected chi connectivity index (χ0v) is 13.2. The highest BCUT2D eigenvalue weighted by Gasteiger charge is 2.06. The number of carbonyl (C=O) groups excluding carboxylic acids is 1. The van der Waals surface area contributed by atoms with Crippen LogP contribution in [-0.2, 0) is 16.1 Å². The summed E-state index contributed by atoms with van der Waals surface area (Å²) in [5.74, 6) is -0.527. The molecule has 6 nitrogen and oxygen atoms in total. The highest BCUT2D eigenvalue weighted by atomic mass is 32.1. The summed E-state index contributed by atoms with van der Waals surface area (Å²) in [4.78, 5) is 26.4. The highest BCUT2D eigenvalue weighted by molar-refractivity contribution is 7.18. The molecule has 0 aliphatic heterocycles. The Bertz CT molecular complexity index is 900. The lowest BCUT2D eigenvalue weighted by atomic mass is 10.2. The first kappa shape index (κ1) is 15.8. The smallest absolute Gasteiger partial charge is 0.331 e. The van der Waals surface area contributed by atoms with Crippen LogP contribution in [0.2, 0.25) is 0 Å². The van der Waals surface area contributed by atoms with Crippen LogP contribution in [0.3, 0.4) is 0 Å². The van der Waals surface area contributed by atoms with E-state index in [-0.39, 0.29) is 12.3 Å². The van der Waals surface area contributed by atoms with E-state index in [0.29, 0.717) is 10.6 Å². The van der Waals surface area contributed by atoms with Crippen LogP contribution in [0.4, 0.5) is 5.69 Å². The molecule has 1 aromatic heterocycles. The number of benzene rings is 2. The van der Waals surface area contributed by atoms with Gasteiger partial charge in [0, 0.05) is 18.2 Å². The van der Waals surface area contributed by atoms with Gasteiger partial charge in [-0.15, -0.1) is 11.3 Å². The summed E-state index contributed by atoms with van der Waals surface area (Å²) in [5.41, 5.74) is 1.40. The molecule has 24 heavy (non-hydrogen) atoms. The van der Waals surface area contributed by atoms with Crippen LogP contribution < -0.4 is 0 Å². The van der Waals surface area contributed by atoms with Crippen LogP contribution in [0.1, 0.15) is 10.6 Å². The molecule has 2 aromatic carbocycles. The van der Waals surface area contributed by atoms with Gasteiger partial charge in [-0.3, -0.25) is 10.1 Å². The molecule has 1 heterocycles. The van der Waals surface area contributed by atoms with Crippen molar-refractivity contribution in [3.05, 3.63) is 75.3 Å². The van der Waals surface area contributed by atoms with Crippen LogP contribution in [0.5, 0.6) is 0 Å². The molecule has 0 bridgehead atoms. The topological polar surface area (TPSA) is 82.3 Å². The average molecular weight is 340 g/mol. The number of nitro benzene ring substituents is 1. The molecule has 0 N–H and O–H groups in total. The largest absolute Gasteiger partial charge is 0.455 e. The van der Waals surface area contributed by atoms with Crippen LogP contribution in [0, 0.1) is 10.1 Å². The van der Waals surface area contributed by atoms with E-state index < -0.39 is 10.9 Å². The maximum absolute atomic E-state index is 11.8. The second-order valence-corrected chi connectivity index (χ2v) is 5.98. The minimum atomic E-state index is -0.527. The molecule has 0 atom stereocenters. The van der Waals surface area contributed by atoms with Crippen LogP contribution >= 0.6 is 11.3 Å². The summed E-state index contributed by atoms with van der Waals surface area (Å²) in [6, 6.07) is 13.7. The van der Waals surface area contributed by atoms with Crippen molar-refractivity contribution in [1.29, 1.82) is 0 Å². The van der Waals surface area contributed by atoms with E-state index in [9.17, 15) is 14.9 Å². The molecule has 0 amide bonds. The van der Waals surface area contributed by atoms with Crippen molar-refractivity contribution in [2.45, 2.75) is 6.61 Å². The molecule has 0 aliphatic rings. The Morgan fingerprint density at radius 1 is 1.25 bits per heavy atom. The Balaban J connectivity index is 1.61. The predicted molar refractivity (Wildman–Crippen MR) is 91.5 cm³/mol. The van der Waals surface area contributed by atoms with E-state index in [0.717, 1.165) is 10.2 Å². The number of rotatable bonds is 5. The third-order valence-corrected chi connectivity index (χ3v) is 4.18. The lowest BCUT2D eigenvalue weighted by molar-refractivity contribution is -0.384. The van der Waals surface area contributed by atoms with Gasteiger partial charge in [0.05, 0.1) is 15.1 Å². The summed E-state index contributed by atoms with van der Waals surface area (Å²) in [7, 11) is 0. The Morgan fingerprint density at radius 2 is 2.08 bits per heavy atom. The maximum atomic E-state index is 11.8. The SMILES string of the molecule is O=C(/C=C/c1cccc([N+](=O)[O-])c1)OCc1nc2ccccc2s1. The Labute approximate surface area is 141 Å². The van der Waals surface area contributed by atoms with Gasteiger partial charge in [-0.05, 0) is 23.8 Å². The number of nitrogens with zero attached hydrogens (tertiary/aromatic N) is 2. The number of non-ortho nitro benzene ring substituents is 1. The lowest BCUT2D eigenvalue weighted by Gasteiger charge is -1.98. The van der Waals surface area contributed by atoms with Gasteiger partial charge in [-0.2, -0.15) is 0 Å². The van der Waals surface area contributed by atoms with Gasteiger partial charge >= 0.3 is 5.97 Å². The maximum Gasteiger partial charge on any atom is 0.331 e. The van der Waals surface area contributed by atoms with E-state index in [4.69, 9.17) is 4.74 Å². The fourth-order valence-corrected chi connectivity index (χ4v) is 2.95. The van der Waals surface area contributed by atoms with Crippen molar-refractivity contribution < 1.29 is 14.5 Å². The fourth-order valence-electron chi connectivity index (χ4n) is 2.07. The molecular weight excluding hydrogens is 328 g/mol. The molecular formula is C17H12N2O4S. The van der Waals surface area contributed by atoms with Gasteiger partial charge in [-0.25, -0.2) is 9.78 Å². The molecule has 0 aliphatic carbocycles. The molecule has 0 fully saturated rings. The zero-order valence-electron chi connectivity index (χ0n) is 12.4. The van der Waals surface area contributed by atoms with Gasteiger partial charge in [0.15, 0.2) is 0 Å². The highest BCUT2D eigenvalue weighted by Crippen LogP contribution is 2.22. The van der Waals surface area contributed by atoms with Crippen molar-refractivity contribution >= 4 is 39.3 Å². The van der Waals surface area contributed by atoms with Gasteiger partial charge in [0.1, 0.15) is 11.6 Å². The number of ether oxygens (including phenoxy) is 1. The van der Waals surface area contributed by atoms with Crippen LogP contribution in [0.25, 0.3) is 16.3 Å². The molecule has 3 rings (SSSR count). The number of esters is 1. The van der Waals surface area contributed by atoms with Gasteiger partial charge in [0.2, 0.25) is 0 Å². The standard InChI is InChI=1S/C17H12N2O4S/c20-17(9-8-12-4-3-5-13(10-12)19(21)22)23-11-16-18-14-6-1-2-7-15(14)24-16/h1-10H,11H2/b9-8+. The summed E-state index contributed by atoms with van der Waals surface area (Å²) >= 11 is 1.47.